The lowest BCUT2D eigenvalue weighted by Crippen LogP contribution is -2.74. The van der Waals surface area contributed by atoms with E-state index in [2.05, 4.69) is 36.9 Å². The van der Waals surface area contributed by atoms with E-state index in [0.29, 0.717) is 5.16 Å². The standard InChI is InChI=1S/C32H67P.C8HF17O3S/c1-5-9-13-17-18-19-20-21-22-24-28-31(27-23-14-10-6-2)32(33,29-25-15-11-7-3)30-26-16-12-8-4;9-1(10,3(13,14)5(17,18)7(21,22)23)2(11,12)4(15,16)6(19,20)8(24,25)29(26,27)28/h31H,5-30,33H2,1-4H3;(H,26,27,28). The molecule has 2 atom stereocenters. The fourth-order valence-electron chi connectivity index (χ4n) is 7.02. The zero-order valence-electron chi connectivity index (χ0n) is 36.1. The molecule has 3 nitrogen and oxygen atoms in total. The Morgan fingerprint density at radius 1 is 0.387 bits per heavy atom. The van der Waals surface area contributed by atoms with Crippen LogP contribution in [0.1, 0.15) is 195 Å². The Bertz CT molecular complexity index is 1300. The minimum Gasteiger partial charge on any atom is -0.281 e. The molecule has 0 aliphatic carbocycles. The molecule has 2 unspecified atom stereocenters. The molecule has 22 heteroatoms. The first-order chi connectivity index (χ1) is 28.1. The van der Waals surface area contributed by atoms with E-state index < -0.39 is 57.1 Å². The Labute approximate surface area is 359 Å². The zero-order chi connectivity index (χ0) is 49.0. The number of halogens is 17. The van der Waals surface area contributed by atoms with Crippen LogP contribution < -0.4 is 0 Å². The third-order valence-corrected chi connectivity index (χ3v) is 13.1. The van der Waals surface area contributed by atoms with Crippen LogP contribution in [0.5, 0.6) is 0 Å². The van der Waals surface area contributed by atoms with Gasteiger partial charge in [0.1, 0.15) is 0 Å². The summed E-state index contributed by atoms with van der Waals surface area (Å²) < 4.78 is 242. The SMILES string of the molecule is CCCCCCCCCCCCC(CCCCCC)C(P)(CCCCCC)CCCCCC.O=S(=O)(O)C(F)(F)C(F)(F)C(F)(F)C(F)(F)C(F)(F)C(F)(F)C(F)(F)C(F)(F)F. The van der Waals surface area contributed by atoms with Gasteiger partial charge in [0, 0.05) is 0 Å². The van der Waals surface area contributed by atoms with Gasteiger partial charge in [-0.15, -0.1) is 9.24 Å². The molecule has 0 amide bonds. The van der Waals surface area contributed by atoms with Crippen LogP contribution >= 0.6 is 9.24 Å². The highest BCUT2D eigenvalue weighted by Crippen LogP contribution is 2.64. The Morgan fingerprint density at radius 3 is 0.919 bits per heavy atom. The van der Waals surface area contributed by atoms with Crippen LogP contribution in [0.4, 0.5) is 74.6 Å². The summed E-state index contributed by atoms with van der Waals surface area (Å²) in [7, 11) is -4.41. The number of hydrogen-bond donors (Lipinski definition) is 1. The lowest BCUT2D eigenvalue weighted by atomic mass is 9.77. The molecule has 0 heterocycles. The van der Waals surface area contributed by atoms with Gasteiger partial charge in [-0.25, -0.2) is 0 Å². The summed E-state index contributed by atoms with van der Waals surface area (Å²) in [6, 6.07) is 0. The van der Waals surface area contributed by atoms with Gasteiger partial charge in [0.15, 0.2) is 0 Å². The average molecular weight is 983 g/mol. The van der Waals surface area contributed by atoms with E-state index >= 15 is 0 Å². The summed E-state index contributed by atoms with van der Waals surface area (Å²) in [5.74, 6) is -51.0. The van der Waals surface area contributed by atoms with Gasteiger partial charge in [-0.2, -0.15) is 83.1 Å². The van der Waals surface area contributed by atoms with Crippen molar-refractivity contribution >= 4 is 19.4 Å². The molecule has 1 N–H and O–H groups in total. The monoisotopic (exact) mass is 982 g/mol. The van der Waals surface area contributed by atoms with Crippen LogP contribution in [0.25, 0.3) is 0 Å². The molecular formula is C40H68F17O3PS. The van der Waals surface area contributed by atoms with E-state index in [1.807, 2.05) is 0 Å². The van der Waals surface area contributed by atoms with E-state index in [4.69, 9.17) is 4.55 Å². The summed E-state index contributed by atoms with van der Waals surface area (Å²) >= 11 is 0. The number of alkyl halides is 17. The van der Waals surface area contributed by atoms with Gasteiger partial charge in [-0.1, -0.05) is 169 Å². The van der Waals surface area contributed by atoms with Crippen LogP contribution in [0.15, 0.2) is 0 Å². The van der Waals surface area contributed by atoms with Crippen molar-refractivity contribution in [3.05, 3.63) is 0 Å². The summed E-state index contributed by atoms with van der Waals surface area (Å²) in [5.41, 5.74) is 0. The van der Waals surface area contributed by atoms with Crippen molar-refractivity contribution in [3.63, 3.8) is 0 Å². The van der Waals surface area contributed by atoms with Crippen molar-refractivity contribution in [2.45, 2.75) is 247 Å². The van der Waals surface area contributed by atoms with Gasteiger partial charge < -0.3 is 0 Å². The molecule has 0 bridgehead atoms. The van der Waals surface area contributed by atoms with Gasteiger partial charge in [0.2, 0.25) is 0 Å². The Morgan fingerprint density at radius 2 is 0.629 bits per heavy atom. The maximum Gasteiger partial charge on any atom is 0.460 e. The second kappa shape index (κ2) is 27.1. The zero-order valence-corrected chi connectivity index (χ0v) is 38.1. The minimum absolute atomic E-state index is 0.521. The molecule has 0 fully saturated rings. The van der Waals surface area contributed by atoms with Gasteiger partial charge in [-0.05, 0) is 36.8 Å². The molecule has 0 aliphatic heterocycles. The van der Waals surface area contributed by atoms with Crippen molar-refractivity contribution in [2.24, 2.45) is 5.92 Å². The van der Waals surface area contributed by atoms with Crippen molar-refractivity contribution in [1.29, 1.82) is 0 Å². The van der Waals surface area contributed by atoms with Crippen LogP contribution in [0, 0.1) is 5.92 Å². The summed E-state index contributed by atoms with van der Waals surface area (Å²) in [5, 5.41) is -7.32. The number of unbranched alkanes of at least 4 members (excludes halogenated alkanes) is 18. The van der Waals surface area contributed by atoms with Gasteiger partial charge >= 0.3 is 57.1 Å². The highest BCUT2D eigenvalue weighted by Gasteiger charge is 2.96. The first kappa shape index (κ1) is 63.2. The molecule has 0 aliphatic rings. The first-order valence-corrected chi connectivity index (χ1v) is 23.6. The van der Waals surface area contributed by atoms with E-state index in [1.165, 1.54) is 167 Å². The second-order valence-electron chi connectivity index (χ2n) is 16.3. The summed E-state index contributed by atoms with van der Waals surface area (Å²) in [6.45, 7) is 9.36. The Balaban J connectivity index is 0. The molecule has 0 saturated heterocycles. The lowest BCUT2D eigenvalue weighted by molar-refractivity contribution is -0.458. The van der Waals surface area contributed by atoms with E-state index in [-0.39, 0.29) is 0 Å². The molecule has 0 spiro atoms. The van der Waals surface area contributed by atoms with Crippen molar-refractivity contribution in [1.82, 2.24) is 0 Å². The molecule has 376 valence electrons. The van der Waals surface area contributed by atoms with Crippen LogP contribution in [-0.2, 0) is 10.1 Å². The van der Waals surface area contributed by atoms with E-state index in [1.54, 1.807) is 0 Å². The molecule has 0 aromatic heterocycles. The summed E-state index contributed by atoms with van der Waals surface area (Å²) in [4.78, 5) is 0. The van der Waals surface area contributed by atoms with Crippen LogP contribution in [0.2, 0.25) is 0 Å². The third-order valence-electron chi connectivity index (χ3n) is 11.1. The smallest absolute Gasteiger partial charge is 0.281 e. The molecule has 0 aromatic rings. The van der Waals surface area contributed by atoms with Crippen molar-refractivity contribution in [3.8, 4) is 0 Å². The van der Waals surface area contributed by atoms with E-state index in [0.717, 1.165) is 5.92 Å². The summed E-state index contributed by atoms with van der Waals surface area (Å²) in [6.07, 6.45) is 29.7. The first-order valence-electron chi connectivity index (χ1n) is 21.6. The Kier molecular flexibility index (Phi) is 27.6. The molecule has 0 radical (unpaired) electrons. The van der Waals surface area contributed by atoms with Gasteiger partial charge in [0.25, 0.3) is 0 Å². The molecule has 62 heavy (non-hydrogen) atoms. The van der Waals surface area contributed by atoms with Crippen molar-refractivity contribution < 1.29 is 87.6 Å². The molecular weight excluding hydrogens is 914 g/mol. The molecule has 0 saturated carbocycles. The number of rotatable bonds is 34. The van der Waals surface area contributed by atoms with Gasteiger partial charge in [-0.3, -0.25) is 4.55 Å². The fourth-order valence-corrected chi connectivity index (χ4v) is 8.22. The third kappa shape index (κ3) is 16.8. The molecule has 0 aromatic carbocycles. The topological polar surface area (TPSA) is 54.4 Å². The van der Waals surface area contributed by atoms with E-state index in [9.17, 15) is 83.1 Å². The number of hydrogen-bond acceptors (Lipinski definition) is 2. The quantitative estimate of drug-likeness (QED) is 0.0303. The highest BCUT2D eigenvalue weighted by molar-refractivity contribution is 7.87. The predicted molar refractivity (Wildman–Crippen MR) is 211 cm³/mol. The van der Waals surface area contributed by atoms with Crippen LogP contribution in [-0.4, -0.2) is 65.1 Å². The second-order valence-corrected chi connectivity index (χ2v) is 18.9. The largest absolute Gasteiger partial charge is 0.460 e. The fraction of sp³-hybridized carbons (Fsp3) is 1.00. The highest BCUT2D eigenvalue weighted by atomic mass is 32.2. The van der Waals surface area contributed by atoms with Gasteiger partial charge in [0.05, 0.1) is 0 Å². The maximum absolute atomic E-state index is 13.0. The predicted octanol–water partition coefficient (Wildman–Crippen LogP) is 17.3. The lowest BCUT2D eigenvalue weighted by Gasteiger charge is -2.42. The maximum atomic E-state index is 13.0. The minimum atomic E-state index is -8.89. The normalized spacial score (nSPS) is 14.8. The molecule has 0 rings (SSSR count). The van der Waals surface area contributed by atoms with Crippen molar-refractivity contribution in [2.75, 3.05) is 0 Å². The van der Waals surface area contributed by atoms with Crippen LogP contribution in [0.3, 0.4) is 0 Å². The average Bonchev–Trinajstić information content (AvgIpc) is 3.15. The Hall–Kier alpha value is -0.850.